The molecule has 3 heterocycles. The lowest BCUT2D eigenvalue weighted by atomic mass is 10.1. The quantitative estimate of drug-likeness (QED) is 0.720. The van der Waals surface area contributed by atoms with E-state index in [1.165, 1.54) is 0 Å². The van der Waals surface area contributed by atoms with Gasteiger partial charge in [-0.25, -0.2) is 13.4 Å². The second-order valence-electron chi connectivity index (χ2n) is 4.90. The first-order chi connectivity index (χ1) is 10.1. The summed E-state index contributed by atoms with van der Waals surface area (Å²) in [4.78, 5) is 7.31. The minimum atomic E-state index is -2.58. The number of nitrogens with zero attached hydrogens (tertiary/aromatic N) is 3. The molecule has 0 amide bonds. The van der Waals surface area contributed by atoms with Gasteiger partial charge in [-0.3, -0.25) is 4.68 Å². The maximum Gasteiger partial charge on any atom is 0.145 e. The van der Waals surface area contributed by atoms with Gasteiger partial charge >= 0.3 is 0 Å². The minimum Gasteiger partial charge on any atom is -0.346 e. The summed E-state index contributed by atoms with van der Waals surface area (Å²) in [5.41, 5.74) is 2.74. The van der Waals surface area contributed by atoms with E-state index in [9.17, 15) is 8.42 Å². The number of H-pyrrole nitrogens is 1. The minimum absolute atomic E-state index is 0.316. The lowest BCUT2D eigenvalue weighted by Crippen LogP contribution is -2.20. The van der Waals surface area contributed by atoms with E-state index in [2.05, 4.69) is 22.0 Å². The highest BCUT2D eigenvalue weighted by Gasteiger charge is 2.18. The van der Waals surface area contributed by atoms with Gasteiger partial charge < -0.3 is 4.98 Å². The highest BCUT2D eigenvalue weighted by molar-refractivity contribution is 7.73. The van der Waals surface area contributed by atoms with Gasteiger partial charge in [-0.15, -0.1) is 0 Å². The molecule has 0 saturated heterocycles. The van der Waals surface area contributed by atoms with Gasteiger partial charge in [0.2, 0.25) is 0 Å². The van der Waals surface area contributed by atoms with Crippen molar-refractivity contribution in [2.45, 2.75) is 18.2 Å². The molecule has 0 bridgehead atoms. The van der Waals surface area contributed by atoms with E-state index in [-0.39, 0.29) is 6.04 Å². The van der Waals surface area contributed by atoms with Gasteiger partial charge in [0.1, 0.15) is 16.4 Å². The molecule has 0 aliphatic rings. The lowest BCUT2D eigenvalue weighted by molar-refractivity contribution is 0.487. The van der Waals surface area contributed by atoms with E-state index in [1.54, 1.807) is 24.0 Å². The van der Waals surface area contributed by atoms with Crippen LogP contribution in [0, 0.1) is 6.92 Å². The maximum absolute atomic E-state index is 11.1. The average molecular weight is 303 g/mol. The van der Waals surface area contributed by atoms with Crippen LogP contribution in [0.15, 0.2) is 36.9 Å². The van der Waals surface area contributed by atoms with Crippen LogP contribution >= 0.6 is 0 Å². The van der Waals surface area contributed by atoms with Gasteiger partial charge in [-0.05, 0) is 31.5 Å². The molecule has 0 aliphatic heterocycles. The highest BCUT2D eigenvalue weighted by atomic mass is 32.2. The number of pyridine rings is 1. The van der Waals surface area contributed by atoms with E-state index in [0.717, 1.165) is 22.2 Å². The summed E-state index contributed by atoms with van der Waals surface area (Å²) in [6.45, 7) is 5.46. The number of thiol groups is 1. The summed E-state index contributed by atoms with van der Waals surface area (Å²) in [5.74, 6) is 0. The van der Waals surface area contributed by atoms with Gasteiger partial charge in [-0.2, -0.15) is 5.10 Å². The number of hydrogen-bond donors (Lipinski definition) is 2. The fraction of sp³-hybridized carbons (Fsp3) is 0.214. The van der Waals surface area contributed by atoms with Crippen molar-refractivity contribution in [2.75, 3.05) is 0 Å². The second-order valence-corrected chi connectivity index (χ2v) is 6.13. The van der Waals surface area contributed by atoms with Gasteiger partial charge in [0.15, 0.2) is 0 Å². The molecule has 3 rings (SSSR count). The summed E-state index contributed by atoms with van der Waals surface area (Å²) in [6.07, 6.45) is 7.13. The second kappa shape index (κ2) is 5.33. The Balaban J connectivity index is 2.00. The van der Waals surface area contributed by atoms with Crippen LogP contribution in [-0.4, -0.2) is 33.4 Å². The zero-order valence-electron chi connectivity index (χ0n) is 11.4. The van der Waals surface area contributed by atoms with Crippen molar-refractivity contribution in [3.63, 3.8) is 0 Å². The summed E-state index contributed by atoms with van der Waals surface area (Å²) < 4.78 is 23.7. The molecule has 21 heavy (non-hydrogen) atoms. The summed E-state index contributed by atoms with van der Waals surface area (Å²) in [5, 5.41) is 4.56. The maximum atomic E-state index is 11.1. The van der Waals surface area contributed by atoms with Crippen LogP contribution in [0.25, 0.3) is 22.2 Å². The number of fused-ring (bicyclic) bond motifs is 1. The SMILES string of the molecule is [CH2]C(C(C)n1cc(-c2ccnc3[nH]ccc23)cn1)[SH](=O)=O. The summed E-state index contributed by atoms with van der Waals surface area (Å²) in [7, 11) is -2.58. The molecule has 109 valence electrons. The molecule has 0 spiro atoms. The van der Waals surface area contributed by atoms with Gasteiger partial charge in [0.05, 0.1) is 17.5 Å². The topological polar surface area (TPSA) is 80.6 Å². The third-order valence-electron chi connectivity index (χ3n) is 3.62. The molecule has 6 nitrogen and oxygen atoms in total. The van der Waals surface area contributed by atoms with E-state index < -0.39 is 16.0 Å². The molecule has 3 aromatic heterocycles. The van der Waals surface area contributed by atoms with Crippen molar-refractivity contribution in [2.24, 2.45) is 0 Å². The van der Waals surface area contributed by atoms with Crippen molar-refractivity contribution < 1.29 is 8.42 Å². The standard InChI is InChI=1S/C14H15N4O2S/c1-9(10(2)21(19)20)18-8-11(7-17-18)12-3-5-15-14-13(12)4-6-16-14/h3-10,21H,2H2,1H3,(H,15,16). The van der Waals surface area contributed by atoms with Crippen LogP contribution in [0.4, 0.5) is 0 Å². The summed E-state index contributed by atoms with van der Waals surface area (Å²) >= 11 is 0. The number of aromatic amines is 1. The predicted molar refractivity (Wildman–Crippen MR) is 81.5 cm³/mol. The zero-order valence-corrected chi connectivity index (χ0v) is 12.3. The van der Waals surface area contributed by atoms with Crippen molar-refractivity contribution in [3.8, 4) is 11.1 Å². The fourth-order valence-corrected chi connectivity index (χ4v) is 2.75. The van der Waals surface area contributed by atoms with Gasteiger partial charge in [0.25, 0.3) is 0 Å². The summed E-state index contributed by atoms with van der Waals surface area (Å²) in [6, 6.07) is 3.55. The van der Waals surface area contributed by atoms with E-state index in [4.69, 9.17) is 0 Å². The molecule has 2 atom stereocenters. The Morgan fingerprint density at radius 3 is 2.95 bits per heavy atom. The largest absolute Gasteiger partial charge is 0.346 e. The number of hydrogen-bond acceptors (Lipinski definition) is 4. The van der Waals surface area contributed by atoms with Gasteiger partial charge in [-0.1, -0.05) is 0 Å². The van der Waals surface area contributed by atoms with Crippen molar-refractivity contribution in [1.29, 1.82) is 0 Å². The van der Waals surface area contributed by atoms with Crippen molar-refractivity contribution in [3.05, 3.63) is 43.8 Å². The van der Waals surface area contributed by atoms with Crippen LogP contribution in [0.5, 0.6) is 0 Å². The Kier molecular flexibility index (Phi) is 3.50. The molecule has 0 aromatic carbocycles. The van der Waals surface area contributed by atoms with E-state index in [0.29, 0.717) is 0 Å². The van der Waals surface area contributed by atoms with Crippen LogP contribution < -0.4 is 0 Å². The average Bonchev–Trinajstić information content (AvgIpc) is 3.13. The number of rotatable bonds is 4. The highest BCUT2D eigenvalue weighted by Crippen LogP contribution is 2.27. The Morgan fingerprint density at radius 2 is 2.19 bits per heavy atom. The smallest absolute Gasteiger partial charge is 0.145 e. The Morgan fingerprint density at radius 1 is 1.38 bits per heavy atom. The monoisotopic (exact) mass is 303 g/mol. The van der Waals surface area contributed by atoms with Crippen LogP contribution in [0.2, 0.25) is 0 Å². The van der Waals surface area contributed by atoms with E-state index in [1.807, 2.05) is 24.5 Å². The Labute approximate surface area is 123 Å². The van der Waals surface area contributed by atoms with E-state index >= 15 is 0 Å². The van der Waals surface area contributed by atoms with Crippen LogP contribution in [-0.2, 0) is 10.7 Å². The van der Waals surface area contributed by atoms with Crippen LogP contribution in [0.1, 0.15) is 13.0 Å². The third kappa shape index (κ3) is 2.44. The Hall–Kier alpha value is -2.15. The molecule has 0 aliphatic carbocycles. The molecule has 2 unspecified atom stereocenters. The molecule has 0 saturated carbocycles. The third-order valence-corrected chi connectivity index (χ3v) is 4.59. The van der Waals surface area contributed by atoms with Crippen LogP contribution in [0.3, 0.4) is 0 Å². The molecular weight excluding hydrogens is 288 g/mol. The van der Waals surface area contributed by atoms with Crippen molar-refractivity contribution in [1.82, 2.24) is 19.7 Å². The predicted octanol–water partition coefficient (Wildman–Crippen LogP) is 1.80. The molecule has 3 aromatic rings. The van der Waals surface area contributed by atoms with Crippen molar-refractivity contribution >= 4 is 21.7 Å². The molecule has 7 heteroatoms. The zero-order chi connectivity index (χ0) is 15.0. The lowest BCUT2D eigenvalue weighted by Gasteiger charge is -2.14. The van der Waals surface area contributed by atoms with Gasteiger partial charge in [0, 0.05) is 29.5 Å². The first-order valence-corrected chi connectivity index (χ1v) is 7.76. The first-order valence-electron chi connectivity index (χ1n) is 6.51. The fourth-order valence-electron chi connectivity index (χ4n) is 2.26. The normalized spacial score (nSPS) is 14.6. The Bertz CT molecular complexity index is 841. The molecule has 1 radical (unpaired) electrons. The molecular formula is C14H15N4O2S. The molecule has 1 N–H and O–H groups in total. The molecule has 0 fully saturated rings. The number of nitrogens with one attached hydrogen (secondary N) is 1. The number of aromatic nitrogens is 4. The first kappa shape index (κ1) is 13.8.